The minimum atomic E-state index is -0.489. The summed E-state index contributed by atoms with van der Waals surface area (Å²) in [5, 5.41) is 1.21. The number of hydrogen-bond acceptors (Lipinski definition) is 3. The molecule has 3 rings (SSSR count). The third kappa shape index (κ3) is 1.85. The molecule has 0 amide bonds. The Labute approximate surface area is 109 Å². The molecule has 0 unspecified atom stereocenters. The molecule has 3 heteroatoms. The Kier molecular flexibility index (Phi) is 2.72. The summed E-state index contributed by atoms with van der Waals surface area (Å²) in [6.07, 6.45) is 0.580. The second-order valence-corrected chi connectivity index (χ2v) is 4.16. The van der Waals surface area contributed by atoms with Crippen molar-refractivity contribution in [2.45, 2.75) is 0 Å². The molecule has 19 heavy (non-hydrogen) atoms. The molecule has 0 aliphatic rings. The fourth-order valence-electron chi connectivity index (χ4n) is 2.20. The topological polar surface area (TPSA) is 47.3 Å². The van der Waals surface area contributed by atoms with E-state index >= 15 is 0 Å². The predicted molar refractivity (Wildman–Crippen MR) is 73.3 cm³/mol. The lowest BCUT2D eigenvalue weighted by molar-refractivity contribution is 0.109. The molecule has 0 spiro atoms. The number of aldehydes is 1. The van der Waals surface area contributed by atoms with Gasteiger partial charge in [0.2, 0.25) is 0 Å². The van der Waals surface area contributed by atoms with Gasteiger partial charge in [-0.3, -0.25) is 4.79 Å². The lowest BCUT2D eigenvalue weighted by Crippen LogP contribution is -2.04. The van der Waals surface area contributed by atoms with E-state index in [1.165, 1.54) is 0 Å². The molecule has 0 atom stereocenters. The third-order valence-corrected chi connectivity index (χ3v) is 3.03. The molecule has 3 nitrogen and oxygen atoms in total. The zero-order valence-electron chi connectivity index (χ0n) is 10.00. The van der Waals surface area contributed by atoms with Gasteiger partial charge < -0.3 is 4.42 Å². The van der Waals surface area contributed by atoms with Crippen LogP contribution in [0, 0.1) is 0 Å². The maximum absolute atomic E-state index is 11.8. The number of hydrogen-bond donors (Lipinski definition) is 0. The van der Waals surface area contributed by atoms with Crippen LogP contribution in [-0.2, 0) is 0 Å². The van der Waals surface area contributed by atoms with Gasteiger partial charge in [-0.2, -0.15) is 0 Å². The van der Waals surface area contributed by atoms with Crippen molar-refractivity contribution in [1.82, 2.24) is 0 Å². The van der Waals surface area contributed by atoms with Crippen molar-refractivity contribution in [2.24, 2.45) is 0 Å². The molecule has 0 radical (unpaired) electrons. The Hall–Kier alpha value is -2.68. The summed E-state index contributed by atoms with van der Waals surface area (Å²) in [7, 11) is 0. The average molecular weight is 250 g/mol. The van der Waals surface area contributed by atoms with Crippen LogP contribution in [0.2, 0.25) is 0 Å². The van der Waals surface area contributed by atoms with Gasteiger partial charge in [-0.1, -0.05) is 48.5 Å². The highest BCUT2D eigenvalue weighted by molar-refractivity contribution is 6.01. The van der Waals surface area contributed by atoms with E-state index in [2.05, 4.69) is 0 Å². The van der Waals surface area contributed by atoms with E-state index in [1.54, 1.807) is 12.1 Å². The highest BCUT2D eigenvalue weighted by Crippen LogP contribution is 2.29. The van der Waals surface area contributed by atoms with Crippen LogP contribution in [-0.4, -0.2) is 6.29 Å². The second kappa shape index (κ2) is 4.53. The smallest absolute Gasteiger partial charge is 0.344 e. The summed E-state index contributed by atoms with van der Waals surface area (Å²) in [4.78, 5) is 23.0. The Morgan fingerprint density at radius 2 is 1.47 bits per heavy atom. The first kappa shape index (κ1) is 11.4. The average Bonchev–Trinajstić information content (AvgIpc) is 2.48. The molecule has 0 saturated heterocycles. The highest BCUT2D eigenvalue weighted by Gasteiger charge is 2.14. The van der Waals surface area contributed by atoms with Gasteiger partial charge in [0, 0.05) is 10.9 Å². The largest absolute Gasteiger partial charge is 0.419 e. The van der Waals surface area contributed by atoms with Crippen molar-refractivity contribution >= 4 is 17.1 Å². The number of rotatable bonds is 2. The van der Waals surface area contributed by atoms with Crippen LogP contribution in [0.3, 0.4) is 0 Å². The summed E-state index contributed by atoms with van der Waals surface area (Å²) in [6, 6.07) is 16.5. The van der Waals surface area contributed by atoms with Gasteiger partial charge in [0.1, 0.15) is 0 Å². The summed E-state index contributed by atoms with van der Waals surface area (Å²) in [5.41, 5.74) is 1.02. The van der Waals surface area contributed by atoms with Crippen LogP contribution >= 0.6 is 0 Å². The molecule has 92 valence electrons. The van der Waals surface area contributed by atoms with Crippen molar-refractivity contribution in [3.63, 3.8) is 0 Å². The molecule has 0 fully saturated rings. The SMILES string of the molecule is O=Cc1oc(=O)c2ccccc2c1-c1ccccc1. The van der Waals surface area contributed by atoms with Crippen molar-refractivity contribution in [2.75, 3.05) is 0 Å². The monoisotopic (exact) mass is 250 g/mol. The van der Waals surface area contributed by atoms with Crippen LogP contribution in [0.25, 0.3) is 21.9 Å². The number of carbonyl (C=O) groups is 1. The van der Waals surface area contributed by atoms with E-state index in [9.17, 15) is 9.59 Å². The summed E-state index contributed by atoms with van der Waals surface area (Å²) in [5.74, 6) is 0.0647. The Morgan fingerprint density at radius 3 is 2.16 bits per heavy atom. The fraction of sp³-hybridized carbons (Fsp3) is 0. The van der Waals surface area contributed by atoms with Crippen molar-refractivity contribution in [3.8, 4) is 11.1 Å². The van der Waals surface area contributed by atoms with E-state index in [1.807, 2.05) is 42.5 Å². The summed E-state index contributed by atoms with van der Waals surface area (Å²) in [6.45, 7) is 0. The first-order valence-electron chi connectivity index (χ1n) is 5.87. The number of benzene rings is 2. The van der Waals surface area contributed by atoms with E-state index in [0.29, 0.717) is 17.2 Å². The molecular weight excluding hydrogens is 240 g/mol. The van der Waals surface area contributed by atoms with E-state index in [4.69, 9.17) is 4.42 Å². The lowest BCUT2D eigenvalue weighted by Gasteiger charge is -2.07. The van der Waals surface area contributed by atoms with Gasteiger partial charge in [0.25, 0.3) is 0 Å². The number of fused-ring (bicyclic) bond motifs is 1. The predicted octanol–water partition coefficient (Wildman–Crippen LogP) is 3.27. The fourth-order valence-corrected chi connectivity index (χ4v) is 2.20. The van der Waals surface area contributed by atoms with Gasteiger partial charge in [0.05, 0.1) is 5.39 Å². The molecule has 0 aliphatic heterocycles. The summed E-state index contributed by atoms with van der Waals surface area (Å²) < 4.78 is 5.10. The molecular formula is C16H10O3. The van der Waals surface area contributed by atoms with Gasteiger partial charge in [-0.25, -0.2) is 4.79 Å². The normalized spacial score (nSPS) is 10.5. The molecule has 0 N–H and O–H groups in total. The minimum absolute atomic E-state index is 0.0647. The van der Waals surface area contributed by atoms with Crippen molar-refractivity contribution < 1.29 is 9.21 Å². The zero-order valence-corrected chi connectivity index (χ0v) is 10.00. The standard InChI is InChI=1S/C16H10O3/c17-10-14-15(11-6-2-1-3-7-11)12-8-4-5-9-13(12)16(18)19-14/h1-10H. The van der Waals surface area contributed by atoms with Crippen LogP contribution in [0.15, 0.2) is 63.8 Å². The molecule has 0 aliphatic carbocycles. The van der Waals surface area contributed by atoms with Crippen LogP contribution in [0.5, 0.6) is 0 Å². The van der Waals surface area contributed by atoms with Gasteiger partial charge >= 0.3 is 5.63 Å². The molecule has 0 bridgehead atoms. The van der Waals surface area contributed by atoms with Gasteiger partial charge in [-0.15, -0.1) is 0 Å². The third-order valence-electron chi connectivity index (χ3n) is 3.03. The highest BCUT2D eigenvalue weighted by atomic mass is 16.4. The number of carbonyl (C=O) groups excluding carboxylic acids is 1. The summed E-state index contributed by atoms with van der Waals surface area (Å²) >= 11 is 0. The molecule has 3 aromatic rings. The van der Waals surface area contributed by atoms with Gasteiger partial charge in [0.15, 0.2) is 12.0 Å². The molecule has 2 aromatic carbocycles. The molecule has 1 heterocycles. The maximum atomic E-state index is 11.8. The first-order valence-corrected chi connectivity index (χ1v) is 5.87. The van der Waals surface area contributed by atoms with E-state index < -0.39 is 5.63 Å². The van der Waals surface area contributed by atoms with Crippen molar-refractivity contribution in [1.29, 1.82) is 0 Å². The Bertz CT molecular complexity index is 801. The minimum Gasteiger partial charge on any atom is -0.419 e. The van der Waals surface area contributed by atoms with Crippen LogP contribution in [0.1, 0.15) is 10.6 Å². The quantitative estimate of drug-likeness (QED) is 0.656. The first-order chi connectivity index (χ1) is 9.31. The molecule has 0 saturated carbocycles. The second-order valence-electron chi connectivity index (χ2n) is 4.16. The van der Waals surface area contributed by atoms with Gasteiger partial charge in [-0.05, 0) is 11.6 Å². The Morgan fingerprint density at radius 1 is 0.842 bits per heavy atom. The van der Waals surface area contributed by atoms with Crippen LogP contribution in [0.4, 0.5) is 0 Å². The van der Waals surface area contributed by atoms with E-state index in [-0.39, 0.29) is 5.76 Å². The van der Waals surface area contributed by atoms with Crippen molar-refractivity contribution in [3.05, 3.63) is 70.8 Å². The maximum Gasteiger partial charge on any atom is 0.344 e. The molecule has 1 aromatic heterocycles. The zero-order chi connectivity index (χ0) is 13.2. The van der Waals surface area contributed by atoms with E-state index in [0.717, 1.165) is 10.9 Å². The Balaban J connectivity index is 2.49. The van der Waals surface area contributed by atoms with Crippen LogP contribution < -0.4 is 5.63 Å². The lowest BCUT2D eigenvalue weighted by atomic mass is 9.99.